The van der Waals surface area contributed by atoms with Crippen molar-refractivity contribution in [1.82, 2.24) is 10.2 Å². The van der Waals surface area contributed by atoms with Crippen molar-refractivity contribution in [2.45, 2.75) is 43.7 Å². The molecule has 0 aromatic heterocycles. The van der Waals surface area contributed by atoms with E-state index in [1.54, 1.807) is 7.11 Å². The molecule has 5 nitrogen and oxygen atoms in total. The summed E-state index contributed by atoms with van der Waals surface area (Å²) in [5.74, 6) is -0.0693. The second-order valence-electron chi connectivity index (χ2n) is 5.43. The number of amides is 1. The third-order valence-corrected chi connectivity index (χ3v) is 4.04. The Balaban J connectivity index is 2.40. The Morgan fingerprint density at radius 1 is 1.44 bits per heavy atom. The summed E-state index contributed by atoms with van der Waals surface area (Å²) in [4.78, 5) is 14.1. The van der Waals surface area contributed by atoms with Gasteiger partial charge in [0.25, 0.3) is 0 Å². The number of likely N-dealkylation sites (N-methyl/N-ethyl adjacent to an activating group) is 1. The molecule has 18 heavy (non-hydrogen) atoms. The molecule has 0 aliphatic heterocycles. The van der Waals surface area contributed by atoms with Gasteiger partial charge >= 0.3 is 0 Å². The minimum atomic E-state index is -0.467. The number of methoxy groups -OCH3 is 1. The van der Waals surface area contributed by atoms with E-state index in [1.807, 2.05) is 0 Å². The van der Waals surface area contributed by atoms with Crippen molar-refractivity contribution in [3.63, 3.8) is 0 Å². The number of ether oxygens (including phenoxy) is 1. The summed E-state index contributed by atoms with van der Waals surface area (Å²) in [6.07, 6.45) is 5.34. The fourth-order valence-electron chi connectivity index (χ4n) is 2.57. The summed E-state index contributed by atoms with van der Waals surface area (Å²) in [5.41, 5.74) is 5.92. The topological polar surface area (TPSA) is 67.6 Å². The zero-order chi connectivity index (χ0) is 13.6. The second-order valence-corrected chi connectivity index (χ2v) is 5.43. The van der Waals surface area contributed by atoms with Gasteiger partial charge in [-0.1, -0.05) is 12.8 Å². The normalized spacial score (nSPS) is 20.1. The molecule has 1 saturated carbocycles. The molecule has 1 aliphatic rings. The first-order chi connectivity index (χ1) is 8.52. The minimum Gasteiger partial charge on any atom is -0.385 e. The van der Waals surface area contributed by atoms with E-state index in [1.165, 1.54) is 12.8 Å². The van der Waals surface area contributed by atoms with E-state index < -0.39 is 6.04 Å². The van der Waals surface area contributed by atoms with Crippen LogP contribution in [0.5, 0.6) is 0 Å². The van der Waals surface area contributed by atoms with Crippen LogP contribution in [0.25, 0.3) is 0 Å². The first-order valence-electron chi connectivity index (χ1n) is 6.71. The van der Waals surface area contributed by atoms with Crippen molar-refractivity contribution < 1.29 is 9.53 Å². The maximum atomic E-state index is 11.9. The molecule has 0 spiro atoms. The predicted molar refractivity (Wildman–Crippen MR) is 72.4 cm³/mol. The molecule has 0 heterocycles. The molecule has 0 aromatic rings. The van der Waals surface area contributed by atoms with Crippen LogP contribution in [0.1, 0.15) is 32.1 Å². The molecule has 1 amide bonds. The quantitative estimate of drug-likeness (QED) is 0.690. The van der Waals surface area contributed by atoms with Crippen LogP contribution in [0.3, 0.4) is 0 Å². The Hall–Kier alpha value is -0.650. The lowest BCUT2D eigenvalue weighted by molar-refractivity contribution is -0.123. The number of nitrogens with zero attached hydrogens (tertiary/aromatic N) is 1. The molecule has 1 fully saturated rings. The van der Waals surface area contributed by atoms with E-state index in [9.17, 15) is 4.79 Å². The molecular weight excluding hydrogens is 230 g/mol. The van der Waals surface area contributed by atoms with Gasteiger partial charge in [-0.05, 0) is 33.4 Å². The van der Waals surface area contributed by atoms with Gasteiger partial charge in [0.05, 0.1) is 6.04 Å². The van der Waals surface area contributed by atoms with Gasteiger partial charge in [0.2, 0.25) is 5.91 Å². The average Bonchev–Trinajstić information content (AvgIpc) is 2.83. The number of rotatable bonds is 7. The van der Waals surface area contributed by atoms with Crippen LogP contribution in [0.15, 0.2) is 0 Å². The van der Waals surface area contributed by atoms with E-state index >= 15 is 0 Å². The molecular formula is C13H27N3O2. The van der Waals surface area contributed by atoms with Crippen molar-refractivity contribution in [2.75, 3.05) is 34.4 Å². The Morgan fingerprint density at radius 3 is 2.56 bits per heavy atom. The Kier molecular flexibility index (Phi) is 6.05. The molecule has 1 aliphatic carbocycles. The highest BCUT2D eigenvalue weighted by atomic mass is 16.5. The number of hydrogen-bond donors (Lipinski definition) is 2. The SMILES string of the molecule is COCCC(N)C(=O)NCC1(N(C)C)CCCC1. The van der Waals surface area contributed by atoms with Crippen LogP contribution in [0, 0.1) is 0 Å². The van der Waals surface area contributed by atoms with Crippen LogP contribution in [-0.4, -0.2) is 56.7 Å². The number of nitrogens with one attached hydrogen (secondary N) is 1. The monoisotopic (exact) mass is 257 g/mol. The zero-order valence-electron chi connectivity index (χ0n) is 11.9. The number of hydrogen-bond acceptors (Lipinski definition) is 4. The van der Waals surface area contributed by atoms with E-state index in [-0.39, 0.29) is 11.4 Å². The largest absolute Gasteiger partial charge is 0.385 e. The molecule has 0 bridgehead atoms. The highest BCUT2D eigenvalue weighted by Gasteiger charge is 2.36. The average molecular weight is 257 g/mol. The highest BCUT2D eigenvalue weighted by Crippen LogP contribution is 2.33. The summed E-state index contributed by atoms with van der Waals surface area (Å²) in [6, 6.07) is -0.467. The van der Waals surface area contributed by atoms with Crippen LogP contribution < -0.4 is 11.1 Å². The van der Waals surface area contributed by atoms with Crippen LogP contribution in [0.4, 0.5) is 0 Å². The van der Waals surface area contributed by atoms with E-state index in [4.69, 9.17) is 10.5 Å². The van der Waals surface area contributed by atoms with Crippen molar-refractivity contribution in [1.29, 1.82) is 0 Å². The molecule has 0 aromatic carbocycles. The summed E-state index contributed by atoms with van der Waals surface area (Å²) in [5, 5.41) is 2.99. The maximum Gasteiger partial charge on any atom is 0.237 e. The van der Waals surface area contributed by atoms with Crippen LogP contribution in [0.2, 0.25) is 0 Å². The number of nitrogens with two attached hydrogens (primary N) is 1. The third kappa shape index (κ3) is 3.93. The number of carbonyl (C=O) groups excluding carboxylic acids is 1. The fourth-order valence-corrected chi connectivity index (χ4v) is 2.57. The summed E-state index contributed by atoms with van der Waals surface area (Å²) in [7, 11) is 5.79. The Labute approximate surface area is 110 Å². The molecule has 3 N–H and O–H groups in total. The van der Waals surface area contributed by atoms with E-state index in [0.717, 1.165) is 12.8 Å². The van der Waals surface area contributed by atoms with Crippen LogP contribution >= 0.6 is 0 Å². The van der Waals surface area contributed by atoms with Crippen molar-refractivity contribution in [3.05, 3.63) is 0 Å². The maximum absolute atomic E-state index is 11.9. The molecule has 5 heteroatoms. The zero-order valence-corrected chi connectivity index (χ0v) is 11.9. The molecule has 1 atom stereocenters. The fraction of sp³-hybridized carbons (Fsp3) is 0.923. The Morgan fingerprint density at radius 2 is 2.06 bits per heavy atom. The minimum absolute atomic E-state index is 0.0693. The standard InChI is InChI=1S/C13H27N3O2/c1-16(2)13(7-4-5-8-13)10-15-12(17)11(14)6-9-18-3/h11H,4-10,14H2,1-3H3,(H,15,17). The smallest absolute Gasteiger partial charge is 0.237 e. The van der Waals surface area contributed by atoms with Crippen LogP contribution in [-0.2, 0) is 9.53 Å². The van der Waals surface area contributed by atoms with Gasteiger partial charge in [0.1, 0.15) is 0 Å². The van der Waals surface area contributed by atoms with Crippen molar-refractivity contribution in [2.24, 2.45) is 5.73 Å². The van der Waals surface area contributed by atoms with Gasteiger partial charge in [-0.25, -0.2) is 0 Å². The molecule has 0 saturated heterocycles. The predicted octanol–water partition coefficient (Wildman–Crippen LogP) is 0.341. The first-order valence-corrected chi connectivity index (χ1v) is 6.71. The lowest BCUT2D eigenvalue weighted by atomic mass is 9.96. The summed E-state index contributed by atoms with van der Waals surface area (Å²) < 4.78 is 4.93. The van der Waals surface area contributed by atoms with Crippen molar-refractivity contribution >= 4 is 5.91 Å². The highest BCUT2D eigenvalue weighted by molar-refractivity contribution is 5.81. The molecule has 0 radical (unpaired) electrons. The van der Waals surface area contributed by atoms with Crippen molar-refractivity contribution in [3.8, 4) is 0 Å². The molecule has 1 unspecified atom stereocenters. The second kappa shape index (κ2) is 7.07. The Bertz CT molecular complexity index is 263. The first kappa shape index (κ1) is 15.4. The van der Waals surface area contributed by atoms with E-state index in [0.29, 0.717) is 19.6 Å². The van der Waals surface area contributed by atoms with Gasteiger partial charge in [-0.15, -0.1) is 0 Å². The third-order valence-electron chi connectivity index (χ3n) is 4.04. The lowest BCUT2D eigenvalue weighted by Crippen LogP contribution is -2.53. The molecule has 106 valence electrons. The van der Waals surface area contributed by atoms with Gasteiger partial charge in [-0.3, -0.25) is 4.79 Å². The summed E-state index contributed by atoms with van der Waals surface area (Å²) in [6.45, 7) is 1.22. The van der Waals surface area contributed by atoms with Gasteiger partial charge in [0.15, 0.2) is 0 Å². The van der Waals surface area contributed by atoms with Gasteiger partial charge < -0.3 is 20.7 Å². The number of carbonyl (C=O) groups is 1. The summed E-state index contributed by atoms with van der Waals surface area (Å²) >= 11 is 0. The lowest BCUT2D eigenvalue weighted by Gasteiger charge is -2.36. The molecule has 1 rings (SSSR count). The van der Waals surface area contributed by atoms with Gasteiger partial charge in [0, 0.05) is 25.8 Å². The van der Waals surface area contributed by atoms with E-state index in [2.05, 4.69) is 24.3 Å². The van der Waals surface area contributed by atoms with Gasteiger partial charge in [-0.2, -0.15) is 0 Å².